The molecule has 28 heavy (non-hydrogen) atoms. The quantitative estimate of drug-likeness (QED) is 0.642. The molecule has 4 rings (SSSR count). The Balaban J connectivity index is 1.36. The molecule has 1 aliphatic rings. The lowest BCUT2D eigenvalue weighted by molar-refractivity contribution is -0.139. The number of benzene rings is 1. The fourth-order valence-electron chi connectivity index (χ4n) is 3.35. The van der Waals surface area contributed by atoms with Crippen LogP contribution in [0.4, 0.5) is 4.39 Å². The van der Waals surface area contributed by atoms with Gasteiger partial charge in [0.2, 0.25) is 4.96 Å². The zero-order valence-corrected chi connectivity index (χ0v) is 16.0. The van der Waals surface area contributed by atoms with Gasteiger partial charge in [0.05, 0.1) is 5.69 Å². The first-order valence-corrected chi connectivity index (χ1v) is 10.2. The number of carbonyl (C=O) groups is 2. The average molecular weight is 401 g/mol. The molecule has 0 spiro atoms. The van der Waals surface area contributed by atoms with E-state index in [1.165, 1.54) is 23.5 Å². The summed E-state index contributed by atoms with van der Waals surface area (Å²) in [5, 5.41) is 11.8. The van der Waals surface area contributed by atoms with E-state index in [0.717, 1.165) is 31.4 Å². The van der Waals surface area contributed by atoms with E-state index >= 15 is 0 Å². The Morgan fingerprint density at radius 3 is 2.86 bits per heavy atom. The van der Waals surface area contributed by atoms with Crippen molar-refractivity contribution in [2.45, 2.75) is 38.1 Å². The van der Waals surface area contributed by atoms with Crippen molar-refractivity contribution in [1.29, 1.82) is 0 Å². The first-order valence-electron chi connectivity index (χ1n) is 9.28. The van der Waals surface area contributed by atoms with Crippen molar-refractivity contribution in [2.75, 3.05) is 6.54 Å². The molecule has 0 aliphatic heterocycles. The number of hydrogen-bond donors (Lipinski definition) is 2. The van der Waals surface area contributed by atoms with Crippen LogP contribution in [0.1, 0.15) is 31.4 Å². The molecule has 1 aliphatic carbocycles. The zero-order chi connectivity index (χ0) is 19.5. The van der Waals surface area contributed by atoms with Crippen molar-refractivity contribution in [3.8, 4) is 11.4 Å². The van der Waals surface area contributed by atoms with Crippen molar-refractivity contribution >= 4 is 28.1 Å². The van der Waals surface area contributed by atoms with Crippen LogP contribution < -0.4 is 10.6 Å². The number of carbonyl (C=O) groups excluding carboxylic acids is 2. The highest BCUT2D eigenvalue weighted by molar-refractivity contribution is 7.15. The highest BCUT2D eigenvalue weighted by Crippen LogP contribution is 2.21. The first-order chi connectivity index (χ1) is 13.6. The average Bonchev–Trinajstić information content (AvgIpc) is 3.40. The SMILES string of the molecule is O=C(NCCc1csc2nc(-c3cccc(F)c3)nn12)C(=O)NC1CCCC1. The van der Waals surface area contributed by atoms with Gasteiger partial charge in [0.25, 0.3) is 0 Å². The van der Waals surface area contributed by atoms with Crippen LogP contribution in [0.15, 0.2) is 29.6 Å². The molecule has 1 fully saturated rings. The van der Waals surface area contributed by atoms with E-state index in [1.54, 1.807) is 16.6 Å². The van der Waals surface area contributed by atoms with Gasteiger partial charge in [0.1, 0.15) is 5.82 Å². The molecule has 2 N–H and O–H groups in total. The summed E-state index contributed by atoms with van der Waals surface area (Å²) in [6, 6.07) is 6.26. The lowest BCUT2D eigenvalue weighted by atomic mass is 10.2. The number of aromatic nitrogens is 3. The summed E-state index contributed by atoms with van der Waals surface area (Å²) < 4.78 is 15.1. The van der Waals surface area contributed by atoms with Crippen LogP contribution in [-0.4, -0.2) is 39.0 Å². The summed E-state index contributed by atoms with van der Waals surface area (Å²) in [4.78, 5) is 29.0. The highest BCUT2D eigenvalue weighted by atomic mass is 32.1. The third kappa shape index (κ3) is 4.04. The number of nitrogens with zero attached hydrogens (tertiary/aromatic N) is 3. The summed E-state index contributed by atoms with van der Waals surface area (Å²) in [6.45, 7) is 0.317. The second-order valence-corrected chi connectivity index (χ2v) is 7.66. The maximum absolute atomic E-state index is 13.4. The zero-order valence-electron chi connectivity index (χ0n) is 15.2. The maximum atomic E-state index is 13.4. The summed E-state index contributed by atoms with van der Waals surface area (Å²) in [5.74, 6) is -1.07. The Morgan fingerprint density at radius 1 is 1.25 bits per heavy atom. The molecule has 0 saturated heterocycles. The molecule has 2 aromatic heterocycles. The van der Waals surface area contributed by atoms with Crippen molar-refractivity contribution in [1.82, 2.24) is 25.2 Å². The molecule has 3 aromatic rings. The van der Waals surface area contributed by atoms with E-state index in [-0.39, 0.29) is 11.9 Å². The number of halogens is 1. The Hall–Kier alpha value is -2.81. The predicted molar refractivity (Wildman–Crippen MR) is 103 cm³/mol. The topological polar surface area (TPSA) is 88.4 Å². The number of hydrogen-bond acceptors (Lipinski definition) is 5. The summed E-state index contributed by atoms with van der Waals surface area (Å²) in [5.41, 5.74) is 1.48. The van der Waals surface area contributed by atoms with Crippen LogP contribution in [0, 0.1) is 5.82 Å². The van der Waals surface area contributed by atoms with E-state index in [1.807, 2.05) is 5.38 Å². The number of thiazole rings is 1. The van der Waals surface area contributed by atoms with E-state index in [0.29, 0.717) is 29.3 Å². The lowest BCUT2D eigenvalue weighted by Crippen LogP contribution is -2.44. The monoisotopic (exact) mass is 401 g/mol. The van der Waals surface area contributed by atoms with Gasteiger partial charge in [-0.15, -0.1) is 16.4 Å². The van der Waals surface area contributed by atoms with Gasteiger partial charge in [0.15, 0.2) is 5.82 Å². The fourth-order valence-corrected chi connectivity index (χ4v) is 4.21. The Morgan fingerprint density at radius 2 is 2.07 bits per heavy atom. The van der Waals surface area contributed by atoms with Crippen LogP contribution >= 0.6 is 11.3 Å². The van der Waals surface area contributed by atoms with Crippen LogP contribution in [-0.2, 0) is 16.0 Å². The van der Waals surface area contributed by atoms with Crippen LogP contribution in [0.2, 0.25) is 0 Å². The van der Waals surface area contributed by atoms with E-state index in [2.05, 4.69) is 20.7 Å². The van der Waals surface area contributed by atoms with E-state index < -0.39 is 11.8 Å². The van der Waals surface area contributed by atoms with Gasteiger partial charge in [-0.25, -0.2) is 8.91 Å². The summed E-state index contributed by atoms with van der Waals surface area (Å²) in [7, 11) is 0. The number of nitrogens with one attached hydrogen (secondary N) is 2. The molecule has 7 nitrogen and oxygen atoms in total. The minimum Gasteiger partial charge on any atom is -0.347 e. The van der Waals surface area contributed by atoms with Gasteiger partial charge in [0, 0.05) is 30.0 Å². The van der Waals surface area contributed by atoms with Crippen molar-refractivity contribution in [3.63, 3.8) is 0 Å². The molecule has 0 radical (unpaired) electrons. The Labute approximate surface area is 165 Å². The highest BCUT2D eigenvalue weighted by Gasteiger charge is 2.21. The smallest absolute Gasteiger partial charge is 0.309 e. The van der Waals surface area contributed by atoms with E-state index in [4.69, 9.17) is 0 Å². The van der Waals surface area contributed by atoms with Gasteiger partial charge < -0.3 is 10.6 Å². The normalized spacial score (nSPS) is 14.5. The Kier molecular flexibility index (Phi) is 5.34. The summed E-state index contributed by atoms with van der Waals surface area (Å²) >= 11 is 1.42. The molecular formula is C19H20FN5O2S. The number of fused-ring (bicyclic) bond motifs is 1. The minimum absolute atomic E-state index is 0.117. The predicted octanol–water partition coefficient (Wildman–Crippen LogP) is 2.31. The fraction of sp³-hybridized carbons (Fsp3) is 0.368. The van der Waals surface area contributed by atoms with Crippen molar-refractivity contribution in [3.05, 3.63) is 41.2 Å². The molecule has 0 bridgehead atoms. The second kappa shape index (κ2) is 8.05. The van der Waals surface area contributed by atoms with Gasteiger partial charge in [-0.3, -0.25) is 9.59 Å². The van der Waals surface area contributed by atoms with E-state index in [9.17, 15) is 14.0 Å². The van der Waals surface area contributed by atoms with Crippen LogP contribution in [0.25, 0.3) is 16.3 Å². The third-order valence-electron chi connectivity index (χ3n) is 4.80. The summed E-state index contributed by atoms with van der Waals surface area (Å²) in [6.07, 6.45) is 4.57. The van der Waals surface area contributed by atoms with Crippen LogP contribution in [0.5, 0.6) is 0 Å². The van der Waals surface area contributed by atoms with Gasteiger partial charge in [-0.05, 0) is 25.0 Å². The molecule has 1 saturated carbocycles. The van der Waals surface area contributed by atoms with Crippen molar-refractivity contribution < 1.29 is 14.0 Å². The van der Waals surface area contributed by atoms with Crippen LogP contribution in [0.3, 0.4) is 0 Å². The van der Waals surface area contributed by atoms with Gasteiger partial charge in [-0.2, -0.15) is 4.98 Å². The Bertz CT molecular complexity index is 1010. The van der Waals surface area contributed by atoms with Crippen molar-refractivity contribution in [2.24, 2.45) is 0 Å². The maximum Gasteiger partial charge on any atom is 0.309 e. The molecule has 2 heterocycles. The first kappa shape index (κ1) is 18.5. The minimum atomic E-state index is -0.614. The largest absolute Gasteiger partial charge is 0.347 e. The van der Waals surface area contributed by atoms with Gasteiger partial charge in [-0.1, -0.05) is 25.0 Å². The molecule has 0 atom stereocenters. The molecule has 146 valence electrons. The van der Waals surface area contributed by atoms with Gasteiger partial charge >= 0.3 is 11.8 Å². The molecule has 1 aromatic carbocycles. The number of rotatable bonds is 5. The standard InChI is InChI=1S/C19H20FN5O2S/c20-13-5-3-4-12(10-13)16-23-19-25(24-16)15(11-28-19)8-9-21-17(26)18(27)22-14-6-1-2-7-14/h3-5,10-11,14H,1-2,6-9H2,(H,21,26)(H,22,27). The number of amides is 2. The molecular weight excluding hydrogens is 381 g/mol. The second-order valence-electron chi connectivity index (χ2n) is 6.83. The molecule has 2 amide bonds. The third-order valence-corrected chi connectivity index (χ3v) is 5.66. The lowest BCUT2D eigenvalue weighted by Gasteiger charge is -2.11. The molecule has 0 unspecified atom stereocenters. The molecule has 9 heteroatoms.